The molecule has 3 amide bonds. The molecule has 0 aliphatic rings. The van der Waals surface area contributed by atoms with Gasteiger partial charge in [0, 0.05) is 18.0 Å². The van der Waals surface area contributed by atoms with Crippen LogP contribution >= 0.6 is 12.6 Å². The van der Waals surface area contributed by atoms with Crippen molar-refractivity contribution in [1.82, 2.24) is 20.3 Å². The van der Waals surface area contributed by atoms with Crippen LogP contribution in [0.1, 0.15) is 67.4 Å². The Morgan fingerprint density at radius 1 is 1.02 bits per heavy atom. The number of nitrogens with one attached hydrogen (secondary N) is 3. The summed E-state index contributed by atoms with van der Waals surface area (Å²) in [5.41, 5.74) is -0.0431. The maximum Gasteiger partial charge on any atom is 0.260 e. The SMILES string of the molecule is CNC(C(=O)NC(C(=O)N(C)C(/C=C(\C)C(=O)NS(=O)(=O)CCCS)C(C)C)C(C)(C)C)C(C)(C)c1ccccc1. The van der Waals surface area contributed by atoms with Gasteiger partial charge in [0.25, 0.3) is 5.91 Å². The molecule has 0 aliphatic carbocycles. The Bertz CT molecular complexity index is 1180. The van der Waals surface area contributed by atoms with Gasteiger partial charge < -0.3 is 15.5 Å². The lowest BCUT2D eigenvalue weighted by molar-refractivity contribution is -0.140. The molecule has 0 heterocycles. The van der Waals surface area contributed by atoms with Crippen molar-refractivity contribution >= 4 is 40.4 Å². The highest BCUT2D eigenvalue weighted by Gasteiger charge is 2.41. The first-order chi connectivity index (χ1) is 18.8. The second kappa shape index (κ2) is 15.2. The van der Waals surface area contributed by atoms with Crippen molar-refractivity contribution in [2.24, 2.45) is 11.3 Å². The van der Waals surface area contributed by atoms with Crippen LogP contribution in [0.4, 0.5) is 0 Å². The Kier molecular flexibility index (Phi) is 13.6. The van der Waals surface area contributed by atoms with Crippen LogP contribution in [0.5, 0.6) is 0 Å². The molecule has 1 aromatic carbocycles. The summed E-state index contributed by atoms with van der Waals surface area (Å²) in [6.45, 7) is 14.9. The van der Waals surface area contributed by atoms with Gasteiger partial charge in [-0.3, -0.25) is 14.4 Å². The lowest BCUT2D eigenvalue weighted by Crippen LogP contribution is -2.61. The van der Waals surface area contributed by atoms with E-state index in [2.05, 4.69) is 28.0 Å². The molecule has 0 bridgehead atoms. The molecule has 3 atom stereocenters. The van der Waals surface area contributed by atoms with Crippen molar-refractivity contribution in [1.29, 1.82) is 0 Å². The zero-order valence-electron chi connectivity index (χ0n) is 26.2. The molecule has 232 valence electrons. The highest BCUT2D eigenvalue weighted by atomic mass is 32.2. The molecule has 0 spiro atoms. The van der Waals surface area contributed by atoms with Crippen molar-refractivity contribution in [3.8, 4) is 0 Å². The van der Waals surface area contributed by atoms with Crippen LogP contribution in [0.3, 0.4) is 0 Å². The summed E-state index contributed by atoms with van der Waals surface area (Å²) in [6, 6.07) is 7.71. The average Bonchev–Trinajstić information content (AvgIpc) is 2.87. The van der Waals surface area contributed by atoms with Gasteiger partial charge in [0.1, 0.15) is 6.04 Å². The second-order valence-corrected chi connectivity index (χ2v) is 14.8. The number of sulfonamides is 1. The lowest BCUT2D eigenvalue weighted by Gasteiger charge is -2.40. The number of benzene rings is 1. The van der Waals surface area contributed by atoms with Gasteiger partial charge in [-0.05, 0) is 43.0 Å². The van der Waals surface area contributed by atoms with Crippen molar-refractivity contribution in [3.63, 3.8) is 0 Å². The van der Waals surface area contributed by atoms with Gasteiger partial charge in [-0.25, -0.2) is 13.1 Å². The fraction of sp³-hybridized carbons (Fsp3) is 0.633. The number of amides is 3. The van der Waals surface area contributed by atoms with Crippen molar-refractivity contribution in [3.05, 3.63) is 47.5 Å². The molecule has 11 heteroatoms. The number of hydrogen-bond donors (Lipinski definition) is 4. The van der Waals surface area contributed by atoms with E-state index in [0.717, 1.165) is 5.56 Å². The topological polar surface area (TPSA) is 125 Å². The maximum atomic E-state index is 14.0. The van der Waals surface area contributed by atoms with Crippen molar-refractivity contribution in [2.75, 3.05) is 25.6 Å². The molecule has 0 fully saturated rings. The molecule has 0 radical (unpaired) electrons. The number of hydrogen-bond acceptors (Lipinski definition) is 7. The average molecular weight is 611 g/mol. The number of thiol groups is 1. The molecule has 3 unspecified atom stereocenters. The monoisotopic (exact) mass is 610 g/mol. The molecule has 0 saturated carbocycles. The molecule has 3 N–H and O–H groups in total. The molecule has 1 rings (SSSR count). The quantitative estimate of drug-likeness (QED) is 0.189. The van der Waals surface area contributed by atoms with Gasteiger partial charge in [-0.15, -0.1) is 0 Å². The normalized spacial score (nSPS) is 15.2. The summed E-state index contributed by atoms with van der Waals surface area (Å²) < 4.78 is 26.5. The number of likely N-dealkylation sites (N-methyl/N-ethyl adjacent to an activating group) is 2. The van der Waals surface area contributed by atoms with Crippen LogP contribution in [0.25, 0.3) is 0 Å². The van der Waals surface area contributed by atoms with Crippen LogP contribution in [0.15, 0.2) is 42.0 Å². The summed E-state index contributed by atoms with van der Waals surface area (Å²) in [6.07, 6.45) is 1.92. The molecular formula is C30H50N4O5S2. The zero-order valence-corrected chi connectivity index (χ0v) is 27.9. The molecule has 0 aliphatic heterocycles. The van der Waals surface area contributed by atoms with E-state index in [4.69, 9.17) is 0 Å². The Labute approximate surface area is 252 Å². The number of carbonyl (C=O) groups excluding carboxylic acids is 3. The van der Waals surface area contributed by atoms with E-state index < -0.39 is 44.9 Å². The summed E-state index contributed by atoms with van der Waals surface area (Å²) in [7, 11) is -0.438. The minimum Gasteiger partial charge on any atom is -0.342 e. The molecule has 41 heavy (non-hydrogen) atoms. The number of nitrogens with zero attached hydrogens (tertiary/aromatic N) is 1. The highest BCUT2D eigenvalue weighted by molar-refractivity contribution is 7.90. The smallest absolute Gasteiger partial charge is 0.260 e. The summed E-state index contributed by atoms with van der Waals surface area (Å²) in [4.78, 5) is 41.8. The molecule has 0 aromatic heterocycles. The molecule has 1 aromatic rings. The third-order valence-corrected chi connectivity index (χ3v) is 8.90. The fourth-order valence-electron chi connectivity index (χ4n) is 4.69. The lowest BCUT2D eigenvalue weighted by atomic mass is 9.76. The zero-order chi connectivity index (χ0) is 31.8. The molecule has 0 saturated heterocycles. The summed E-state index contributed by atoms with van der Waals surface area (Å²) >= 11 is 4.02. The van der Waals surface area contributed by atoms with Crippen molar-refractivity contribution < 1.29 is 22.8 Å². The van der Waals surface area contributed by atoms with Gasteiger partial charge in [0.15, 0.2) is 0 Å². The van der Waals surface area contributed by atoms with E-state index in [0.29, 0.717) is 12.2 Å². The van der Waals surface area contributed by atoms with Gasteiger partial charge in [-0.2, -0.15) is 12.6 Å². The van der Waals surface area contributed by atoms with Gasteiger partial charge in [-0.1, -0.05) is 84.9 Å². The van der Waals surface area contributed by atoms with Crippen LogP contribution in [-0.2, 0) is 29.8 Å². The largest absolute Gasteiger partial charge is 0.342 e. The van der Waals surface area contributed by atoms with E-state index in [1.807, 2.05) is 78.8 Å². The Morgan fingerprint density at radius 2 is 1.59 bits per heavy atom. The Hall–Kier alpha value is -2.37. The van der Waals surface area contributed by atoms with Crippen LogP contribution < -0.4 is 15.4 Å². The molecule has 9 nitrogen and oxygen atoms in total. The number of rotatable bonds is 14. The van der Waals surface area contributed by atoms with E-state index in [9.17, 15) is 22.8 Å². The molecular weight excluding hydrogens is 560 g/mol. The Balaban J connectivity index is 3.28. The van der Waals surface area contributed by atoms with Gasteiger partial charge in [0.05, 0.1) is 17.8 Å². The summed E-state index contributed by atoms with van der Waals surface area (Å²) in [5.74, 6) is -1.29. The van der Waals surface area contributed by atoms with Crippen LogP contribution in [-0.4, -0.2) is 74.8 Å². The first-order valence-electron chi connectivity index (χ1n) is 13.9. The predicted octanol–water partition coefficient (Wildman–Crippen LogP) is 3.28. The predicted molar refractivity (Wildman–Crippen MR) is 169 cm³/mol. The van der Waals surface area contributed by atoms with Crippen LogP contribution in [0.2, 0.25) is 0 Å². The van der Waals surface area contributed by atoms with E-state index in [-0.39, 0.29) is 29.1 Å². The maximum absolute atomic E-state index is 14.0. The number of carbonyl (C=O) groups is 3. The first-order valence-corrected chi connectivity index (χ1v) is 16.2. The first kappa shape index (κ1) is 36.7. The minimum atomic E-state index is -3.79. The second-order valence-electron chi connectivity index (χ2n) is 12.5. The summed E-state index contributed by atoms with van der Waals surface area (Å²) in [5, 5.41) is 6.14. The third-order valence-electron chi connectivity index (χ3n) is 7.27. The third kappa shape index (κ3) is 10.4. The van der Waals surface area contributed by atoms with Gasteiger partial charge >= 0.3 is 0 Å². The standard InChI is InChI=1S/C30H50N4O5S2/c1-20(2)23(19-21(3)26(35)33-41(38,39)18-14-17-40)34(10)28(37)25(29(4,5)6)32-27(36)24(31-9)30(7,8)22-15-12-11-13-16-22/h11-13,15-16,19-20,23-25,31,40H,14,17-18H2,1-10H3,(H,32,36)(H,33,35)/b21-19+. The Morgan fingerprint density at radius 3 is 2.05 bits per heavy atom. The van der Waals surface area contributed by atoms with E-state index in [1.165, 1.54) is 11.8 Å². The minimum absolute atomic E-state index is 0.106. The van der Waals surface area contributed by atoms with Crippen molar-refractivity contribution in [2.45, 2.75) is 85.4 Å². The van der Waals surface area contributed by atoms with E-state index in [1.54, 1.807) is 20.2 Å². The van der Waals surface area contributed by atoms with E-state index >= 15 is 0 Å². The van der Waals surface area contributed by atoms with Crippen LogP contribution in [0, 0.1) is 11.3 Å². The highest BCUT2D eigenvalue weighted by Crippen LogP contribution is 2.29. The van der Waals surface area contributed by atoms with Gasteiger partial charge in [0.2, 0.25) is 21.8 Å². The fourth-order valence-corrected chi connectivity index (χ4v) is 6.13.